The van der Waals surface area contributed by atoms with Crippen LogP contribution in [0.3, 0.4) is 0 Å². The molecule has 1 aromatic rings. The SMILES string of the molecule is CCOc1cccc(N2CCCC2CN(C)C)c1N. The van der Waals surface area contributed by atoms with Crippen molar-refractivity contribution in [2.75, 3.05) is 44.4 Å². The number of benzene rings is 1. The number of nitrogen functional groups attached to an aromatic ring is 1. The summed E-state index contributed by atoms with van der Waals surface area (Å²) < 4.78 is 5.59. The van der Waals surface area contributed by atoms with Gasteiger partial charge in [-0.1, -0.05) is 6.07 Å². The Hall–Kier alpha value is -1.42. The number of rotatable bonds is 5. The molecule has 0 radical (unpaired) electrons. The summed E-state index contributed by atoms with van der Waals surface area (Å²) in [6.07, 6.45) is 2.47. The van der Waals surface area contributed by atoms with Crippen LogP contribution in [0.2, 0.25) is 0 Å². The lowest BCUT2D eigenvalue weighted by molar-refractivity contribution is 0.342. The van der Waals surface area contributed by atoms with Gasteiger partial charge in [0.05, 0.1) is 18.0 Å². The van der Waals surface area contributed by atoms with E-state index in [4.69, 9.17) is 10.5 Å². The first-order chi connectivity index (χ1) is 9.13. The molecule has 106 valence electrons. The number of likely N-dealkylation sites (N-methyl/N-ethyl adjacent to an activating group) is 1. The second-order valence-electron chi connectivity index (χ2n) is 5.37. The molecule has 1 aliphatic rings. The second kappa shape index (κ2) is 6.15. The van der Waals surface area contributed by atoms with Gasteiger partial charge in [-0.3, -0.25) is 0 Å². The van der Waals surface area contributed by atoms with E-state index in [2.05, 4.69) is 30.0 Å². The minimum atomic E-state index is 0.550. The van der Waals surface area contributed by atoms with Crippen LogP contribution >= 0.6 is 0 Å². The van der Waals surface area contributed by atoms with Crippen LogP contribution in [0, 0.1) is 0 Å². The van der Waals surface area contributed by atoms with E-state index in [1.165, 1.54) is 12.8 Å². The van der Waals surface area contributed by atoms with Crippen LogP contribution in [0.25, 0.3) is 0 Å². The summed E-state index contributed by atoms with van der Waals surface area (Å²) in [6.45, 7) is 4.78. The van der Waals surface area contributed by atoms with Crippen molar-refractivity contribution >= 4 is 11.4 Å². The first-order valence-electron chi connectivity index (χ1n) is 7.06. The molecule has 1 aromatic carbocycles. The average molecular weight is 263 g/mol. The molecule has 2 N–H and O–H groups in total. The van der Waals surface area contributed by atoms with Crippen LogP contribution in [0.5, 0.6) is 5.75 Å². The summed E-state index contributed by atoms with van der Waals surface area (Å²) in [4.78, 5) is 4.67. The van der Waals surface area contributed by atoms with Gasteiger partial charge in [-0.2, -0.15) is 0 Å². The minimum absolute atomic E-state index is 0.550. The Morgan fingerprint density at radius 1 is 1.42 bits per heavy atom. The summed E-state index contributed by atoms with van der Waals surface area (Å²) in [5, 5.41) is 0. The van der Waals surface area contributed by atoms with Gasteiger partial charge >= 0.3 is 0 Å². The summed E-state index contributed by atoms with van der Waals surface area (Å²) >= 11 is 0. The normalized spacial score (nSPS) is 19.2. The fourth-order valence-corrected chi connectivity index (χ4v) is 2.83. The molecule has 0 bridgehead atoms. The minimum Gasteiger partial charge on any atom is -0.492 e. The zero-order chi connectivity index (χ0) is 13.8. The Morgan fingerprint density at radius 2 is 2.21 bits per heavy atom. The lowest BCUT2D eigenvalue weighted by Crippen LogP contribution is -2.37. The highest BCUT2D eigenvalue weighted by atomic mass is 16.5. The highest BCUT2D eigenvalue weighted by Crippen LogP contribution is 2.36. The van der Waals surface area contributed by atoms with Crippen LogP contribution in [0.15, 0.2) is 18.2 Å². The maximum atomic E-state index is 6.26. The molecule has 0 saturated carbocycles. The lowest BCUT2D eigenvalue weighted by atomic mass is 10.1. The van der Waals surface area contributed by atoms with Gasteiger partial charge in [0, 0.05) is 19.1 Å². The van der Waals surface area contributed by atoms with E-state index in [-0.39, 0.29) is 0 Å². The topological polar surface area (TPSA) is 41.7 Å². The Kier molecular flexibility index (Phi) is 4.53. The largest absolute Gasteiger partial charge is 0.492 e. The molecule has 0 aromatic heterocycles. The van der Waals surface area contributed by atoms with E-state index >= 15 is 0 Å². The molecule has 4 nitrogen and oxygen atoms in total. The van der Waals surface area contributed by atoms with Crippen LogP contribution in [0.1, 0.15) is 19.8 Å². The molecular formula is C15H25N3O. The van der Waals surface area contributed by atoms with E-state index in [0.717, 1.165) is 30.2 Å². The monoisotopic (exact) mass is 263 g/mol. The quantitative estimate of drug-likeness (QED) is 0.827. The Morgan fingerprint density at radius 3 is 2.89 bits per heavy atom. The Bertz CT molecular complexity index is 420. The van der Waals surface area contributed by atoms with Crippen molar-refractivity contribution in [1.29, 1.82) is 0 Å². The highest BCUT2D eigenvalue weighted by molar-refractivity contribution is 5.74. The summed E-state index contributed by atoms with van der Waals surface area (Å²) in [5.41, 5.74) is 8.16. The van der Waals surface area contributed by atoms with Gasteiger partial charge in [-0.05, 0) is 46.0 Å². The van der Waals surface area contributed by atoms with Gasteiger partial charge in [0.15, 0.2) is 0 Å². The van der Waals surface area contributed by atoms with Gasteiger partial charge in [-0.25, -0.2) is 0 Å². The zero-order valence-corrected chi connectivity index (χ0v) is 12.2. The number of nitrogens with zero attached hydrogens (tertiary/aromatic N) is 2. The molecule has 0 aliphatic carbocycles. The van der Waals surface area contributed by atoms with Gasteiger partial charge < -0.3 is 20.3 Å². The maximum absolute atomic E-state index is 6.26. The zero-order valence-electron chi connectivity index (χ0n) is 12.2. The predicted molar refractivity (Wildman–Crippen MR) is 80.9 cm³/mol. The van der Waals surface area contributed by atoms with Gasteiger partial charge in [0.2, 0.25) is 0 Å². The second-order valence-corrected chi connectivity index (χ2v) is 5.37. The van der Waals surface area contributed by atoms with Crippen LogP contribution in [-0.2, 0) is 0 Å². The molecule has 1 aliphatic heterocycles. The van der Waals surface area contributed by atoms with E-state index in [1.54, 1.807) is 0 Å². The standard InChI is InChI=1S/C15H25N3O/c1-4-19-14-9-5-8-13(15(14)16)18-10-6-7-12(18)11-17(2)3/h5,8-9,12H,4,6-7,10-11,16H2,1-3H3. The lowest BCUT2D eigenvalue weighted by Gasteiger charge is -2.30. The maximum Gasteiger partial charge on any atom is 0.144 e. The molecule has 19 heavy (non-hydrogen) atoms. The van der Waals surface area contributed by atoms with E-state index < -0.39 is 0 Å². The average Bonchev–Trinajstić information content (AvgIpc) is 2.79. The third-order valence-electron chi connectivity index (χ3n) is 3.61. The first kappa shape index (κ1) is 14.0. The highest BCUT2D eigenvalue weighted by Gasteiger charge is 2.27. The van der Waals surface area contributed by atoms with Crippen LogP contribution in [0.4, 0.5) is 11.4 Å². The fourth-order valence-electron chi connectivity index (χ4n) is 2.83. The molecule has 0 spiro atoms. The van der Waals surface area contributed by atoms with Crippen LogP contribution < -0.4 is 15.4 Å². The van der Waals surface area contributed by atoms with Crippen molar-refractivity contribution in [3.05, 3.63) is 18.2 Å². The van der Waals surface area contributed by atoms with Gasteiger partial charge in [-0.15, -0.1) is 0 Å². The van der Waals surface area contributed by atoms with E-state index in [1.807, 2.05) is 19.1 Å². The van der Waals surface area contributed by atoms with E-state index in [9.17, 15) is 0 Å². The van der Waals surface area contributed by atoms with Crippen molar-refractivity contribution in [3.8, 4) is 5.75 Å². The predicted octanol–water partition coefficient (Wildman–Crippen LogP) is 2.20. The van der Waals surface area contributed by atoms with Crippen LogP contribution in [-0.4, -0.2) is 44.7 Å². The van der Waals surface area contributed by atoms with Crippen molar-refractivity contribution in [3.63, 3.8) is 0 Å². The molecular weight excluding hydrogens is 238 g/mol. The summed E-state index contributed by atoms with van der Waals surface area (Å²) in [5.74, 6) is 0.801. The summed E-state index contributed by atoms with van der Waals surface area (Å²) in [6, 6.07) is 6.63. The third-order valence-corrected chi connectivity index (χ3v) is 3.61. The number of anilines is 2. The number of hydrogen-bond donors (Lipinski definition) is 1. The third kappa shape index (κ3) is 3.13. The molecule has 0 amide bonds. The van der Waals surface area contributed by atoms with Crippen molar-refractivity contribution in [1.82, 2.24) is 4.90 Å². The van der Waals surface area contributed by atoms with E-state index in [0.29, 0.717) is 12.6 Å². The summed E-state index contributed by atoms with van der Waals surface area (Å²) in [7, 11) is 4.24. The molecule has 1 atom stereocenters. The number of ether oxygens (including phenoxy) is 1. The number of nitrogens with two attached hydrogens (primary N) is 1. The number of para-hydroxylation sites is 1. The smallest absolute Gasteiger partial charge is 0.144 e. The Balaban J connectivity index is 2.22. The van der Waals surface area contributed by atoms with Crippen molar-refractivity contribution in [2.24, 2.45) is 0 Å². The molecule has 1 unspecified atom stereocenters. The van der Waals surface area contributed by atoms with Gasteiger partial charge in [0.1, 0.15) is 5.75 Å². The molecule has 1 fully saturated rings. The Labute approximate surface area is 116 Å². The molecule has 4 heteroatoms. The number of hydrogen-bond acceptors (Lipinski definition) is 4. The fraction of sp³-hybridized carbons (Fsp3) is 0.600. The molecule has 1 saturated heterocycles. The van der Waals surface area contributed by atoms with Crippen molar-refractivity contribution in [2.45, 2.75) is 25.8 Å². The molecule has 2 rings (SSSR count). The van der Waals surface area contributed by atoms with Crippen molar-refractivity contribution < 1.29 is 4.74 Å². The first-order valence-corrected chi connectivity index (χ1v) is 7.06. The molecule has 1 heterocycles. The van der Waals surface area contributed by atoms with Gasteiger partial charge in [0.25, 0.3) is 0 Å².